The number of hydrogen-bond donors (Lipinski definition) is 1. The average molecular weight is 362 g/mol. The van der Waals surface area contributed by atoms with E-state index < -0.39 is 0 Å². The van der Waals surface area contributed by atoms with E-state index in [9.17, 15) is 0 Å². The van der Waals surface area contributed by atoms with Crippen LogP contribution >= 0.6 is 11.3 Å². The van der Waals surface area contributed by atoms with Crippen molar-refractivity contribution in [2.75, 3.05) is 34.4 Å². The fourth-order valence-corrected chi connectivity index (χ4v) is 2.97. The number of ether oxygens (including phenoxy) is 2. The third-order valence-electron chi connectivity index (χ3n) is 3.66. The first kappa shape index (κ1) is 19.1. The number of thiazole rings is 1. The van der Waals surface area contributed by atoms with Gasteiger partial charge in [0.05, 0.1) is 30.9 Å². The molecule has 0 spiro atoms. The number of methoxy groups -OCH3 is 1. The van der Waals surface area contributed by atoms with Crippen molar-refractivity contribution in [2.45, 2.75) is 19.9 Å². The molecule has 0 saturated heterocycles. The zero-order valence-corrected chi connectivity index (χ0v) is 16.1. The summed E-state index contributed by atoms with van der Waals surface area (Å²) in [7, 11) is 5.42. The number of likely N-dealkylation sites (N-methyl/N-ethyl adjacent to an activating group) is 1. The van der Waals surface area contributed by atoms with Gasteiger partial charge in [-0.2, -0.15) is 0 Å². The Morgan fingerprint density at radius 3 is 2.60 bits per heavy atom. The molecule has 2 rings (SSSR count). The summed E-state index contributed by atoms with van der Waals surface area (Å²) in [6.45, 7) is 4.08. The SMILES string of the molecule is CCc1nc(CNC(=NC)N(C)CCOc2ccc(OC)cc2)cs1. The summed E-state index contributed by atoms with van der Waals surface area (Å²) in [5.41, 5.74) is 1.05. The van der Waals surface area contributed by atoms with Crippen LogP contribution in [0.5, 0.6) is 11.5 Å². The first-order valence-corrected chi connectivity index (χ1v) is 9.16. The van der Waals surface area contributed by atoms with Crippen LogP contribution in [0.4, 0.5) is 0 Å². The molecule has 0 atom stereocenters. The van der Waals surface area contributed by atoms with Crippen molar-refractivity contribution in [1.82, 2.24) is 15.2 Å². The highest BCUT2D eigenvalue weighted by molar-refractivity contribution is 7.09. The lowest BCUT2D eigenvalue weighted by Gasteiger charge is -2.21. The van der Waals surface area contributed by atoms with Crippen LogP contribution in [-0.4, -0.2) is 50.2 Å². The molecule has 0 radical (unpaired) electrons. The van der Waals surface area contributed by atoms with Crippen LogP contribution in [0, 0.1) is 0 Å². The molecule has 0 bridgehead atoms. The van der Waals surface area contributed by atoms with E-state index >= 15 is 0 Å². The van der Waals surface area contributed by atoms with Crippen LogP contribution in [0.15, 0.2) is 34.6 Å². The van der Waals surface area contributed by atoms with E-state index in [1.807, 2.05) is 36.2 Å². The van der Waals surface area contributed by atoms with Gasteiger partial charge in [0, 0.05) is 19.5 Å². The van der Waals surface area contributed by atoms with Gasteiger partial charge in [0.15, 0.2) is 5.96 Å². The summed E-state index contributed by atoms with van der Waals surface area (Å²) in [4.78, 5) is 10.9. The van der Waals surface area contributed by atoms with Crippen molar-refractivity contribution < 1.29 is 9.47 Å². The molecule has 0 aliphatic heterocycles. The van der Waals surface area contributed by atoms with Crippen molar-refractivity contribution >= 4 is 17.3 Å². The Kier molecular flexibility index (Phi) is 7.53. The average Bonchev–Trinajstić information content (AvgIpc) is 3.11. The van der Waals surface area contributed by atoms with E-state index in [4.69, 9.17) is 9.47 Å². The van der Waals surface area contributed by atoms with Gasteiger partial charge in [-0.1, -0.05) is 6.92 Å². The third-order valence-corrected chi connectivity index (χ3v) is 4.70. The van der Waals surface area contributed by atoms with Crippen LogP contribution in [-0.2, 0) is 13.0 Å². The molecule has 1 heterocycles. The molecule has 0 unspecified atom stereocenters. The number of benzene rings is 1. The molecule has 1 aromatic carbocycles. The van der Waals surface area contributed by atoms with Crippen molar-refractivity contribution in [2.24, 2.45) is 4.99 Å². The molecule has 6 nitrogen and oxygen atoms in total. The van der Waals surface area contributed by atoms with Gasteiger partial charge in [-0.25, -0.2) is 4.98 Å². The van der Waals surface area contributed by atoms with Gasteiger partial charge in [-0.15, -0.1) is 11.3 Å². The van der Waals surface area contributed by atoms with Gasteiger partial charge in [0.2, 0.25) is 0 Å². The van der Waals surface area contributed by atoms with Crippen molar-refractivity contribution in [1.29, 1.82) is 0 Å². The predicted molar refractivity (Wildman–Crippen MR) is 103 cm³/mol. The maximum Gasteiger partial charge on any atom is 0.193 e. The molecule has 0 amide bonds. The van der Waals surface area contributed by atoms with Crippen molar-refractivity contribution in [3.8, 4) is 11.5 Å². The summed E-state index contributed by atoms with van der Waals surface area (Å²) in [6, 6.07) is 7.58. The molecule has 2 aromatic rings. The minimum Gasteiger partial charge on any atom is -0.497 e. The second-order valence-corrected chi connectivity index (χ2v) is 6.38. The predicted octanol–water partition coefficient (Wildman–Crippen LogP) is 2.80. The highest BCUT2D eigenvalue weighted by Gasteiger charge is 2.07. The van der Waals surface area contributed by atoms with Crippen LogP contribution in [0.3, 0.4) is 0 Å². The van der Waals surface area contributed by atoms with Crippen LogP contribution in [0.25, 0.3) is 0 Å². The number of aromatic nitrogens is 1. The van der Waals surface area contributed by atoms with E-state index in [0.29, 0.717) is 13.2 Å². The number of aryl methyl sites for hydroxylation is 1. The smallest absolute Gasteiger partial charge is 0.193 e. The first-order chi connectivity index (χ1) is 12.2. The quantitative estimate of drug-likeness (QED) is 0.578. The minimum atomic E-state index is 0.570. The lowest BCUT2D eigenvalue weighted by Crippen LogP contribution is -2.40. The Morgan fingerprint density at radius 2 is 2.00 bits per heavy atom. The zero-order chi connectivity index (χ0) is 18.1. The second-order valence-electron chi connectivity index (χ2n) is 5.43. The molecule has 136 valence electrons. The fourth-order valence-electron chi connectivity index (χ4n) is 2.23. The molecule has 0 aliphatic carbocycles. The largest absolute Gasteiger partial charge is 0.497 e. The lowest BCUT2D eigenvalue weighted by atomic mass is 10.3. The number of nitrogens with one attached hydrogen (secondary N) is 1. The molecule has 1 N–H and O–H groups in total. The molecule has 25 heavy (non-hydrogen) atoms. The van der Waals surface area contributed by atoms with Crippen molar-refractivity contribution in [3.05, 3.63) is 40.3 Å². The first-order valence-electron chi connectivity index (χ1n) is 8.28. The molecule has 0 saturated carbocycles. The maximum atomic E-state index is 5.76. The Hall–Kier alpha value is -2.28. The van der Waals surface area contributed by atoms with E-state index in [1.165, 1.54) is 0 Å². The van der Waals surface area contributed by atoms with Gasteiger partial charge in [-0.3, -0.25) is 4.99 Å². The molecular formula is C18H26N4O2S. The second kappa shape index (κ2) is 9.88. The van der Waals surface area contributed by atoms with Gasteiger partial charge in [-0.05, 0) is 30.7 Å². The number of hydrogen-bond acceptors (Lipinski definition) is 5. The zero-order valence-electron chi connectivity index (χ0n) is 15.3. The number of rotatable bonds is 8. The number of guanidine groups is 1. The van der Waals surface area contributed by atoms with Crippen LogP contribution in [0.1, 0.15) is 17.6 Å². The summed E-state index contributed by atoms with van der Waals surface area (Å²) < 4.78 is 10.9. The topological polar surface area (TPSA) is 59.0 Å². The summed E-state index contributed by atoms with van der Waals surface area (Å²) >= 11 is 1.70. The van der Waals surface area contributed by atoms with Crippen LogP contribution in [0.2, 0.25) is 0 Å². The minimum absolute atomic E-state index is 0.570. The summed E-state index contributed by atoms with van der Waals surface area (Å²) in [5, 5.41) is 6.58. The molecule has 1 aromatic heterocycles. The Labute approximate surface area is 153 Å². The Morgan fingerprint density at radius 1 is 1.28 bits per heavy atom. The molecular weight excluding hydrogens is 336 g/mol. The standard InChI is InChI=1S/C18H26N4O2S/c1-5-17-21-14(13-25-17)12-20-18(19-2)22(3)10-11-24-16-8-6-15(23-4)7-9-16/h6-9,13H,5,10-12H2,1-4H3,(H,19,20). The van der Waals surface area contributed by atoms with Gasteiger partial charge >= 0.3 is 0 Å². The number of nitrogens with zero attached hydrogens (tertiary/aromatic N) is 3. The van der Waals surface area contributed by atoms with Gasteiger partial charge < -0.3 is 19.7 Å². The van der Waals surface area contributed by atoms with Gasteiger partial charge in [0.25, 0.3) is 0 Å². The molecule has 0 aliphatic rings. The maximum absolute atomic E-state index is 5.76. The fraction of sp³-hybridized carbons (Fsp3) is 0.444. The molecule has 7 heteroatoms. The van der Waals surface area contributed by atoms with E-state index in [-0.39, 0.29) is 0 Å². The highest BCUT2D eigenvalue weighted by Crippen LogP contribution is 2.16. The highest BCUT2D eigenvalue weighted by atomic mass is 32.1. The lowest BCUT2D eigenvalue weighted by molar-refractivity contribution is 0.281. The Balaban J connectivity index is 1.75. The van der Waals surface area contributed by atoms with E-state index in [0.717, 1.165) is 41.1 Å². The summed E-state index contributed by atoms with van der Waals surface area (Å²) in [5.74, 6) is 2.47. The van der Waals surface area contributed by atoms with E-state index in [2.05, 4.69) is 27.6 Å². The number of aliphatic imine (C=N–C) groups is 1. The monoisotopic (exact) mass is 362 g/mol. The third kappa shape index (κ3) is 5.94. The summed E-state index contributed by atoms with van der Waals surface area (Å²) in [6.07, 6.45) is 0.974. The van der Waals surface area contributed by atoms with Gasteiger partial charge in [0.1, 0.15) is 18.1 Å². The van der Waals surface area contributed by atoms with E-state index in [1.54, 1.807) is 25.5 Å². The Bertz CT molecular complexity index is 670. The van der Waals surface area contributed by atoms with Crippen LogP contribution < -0.4 is 14.8 Å². The van der Waals surface area contributed by atoms with Crippen molar-refractivity contribution in [3.63, 3.8) is 0 Å². The molecule has 0 fully saturated rings. The normalized spacial score (nSPS) is 11.3.